The average Bonchev–Trinajstić information content (AvgIpc) is 3.38. The minimum atomic E-state index is -0.997. The van der Waals surface area contributed by atoms with Crippen molar-refractivity contribution in [1.29, 1.82) is 0 Å². The standard InChI is InChI=1S/C28H29NO6/c1-16-11-13-22(35-16)24-23(25(30)18-15-17(28(2,3)4)12-14-20(18)33-5)26(31)27(32)29(24)19-9-7-8-10-21(19)34-6/h7-15,24,30H,1-6H3/b25-23+. The Morgan fingerprint density at radius 1 is 0.971 bits per heavy atom. The Balaban J connectivity index is 2.01. The molecular weight excluding hydrogens is 446 g/mol. The molecule has 0 bridgehead atoms. The fraction of sp³-hybridized carbons (Fsp3) is 0.286. The van der Waals surface area contributed by atoms with Gasteiger partial charge in [0, 0.05) is 0 Å². The topological polar surface area (TPSA) is 89.2 Å². The number of furan rings is 1. The number of carbonyl (C=O) groups excluding carboxylic acids is 2. The van der Waals surface area contributed by atoms with Gasteiger partial charge in [-0.25, -0.2) is 0 Å². The highest BCUT2D eigenvalue weighted by atomic mass is 16.5. The van der Waals surface area contributed by atoms with Crippen LogP contribution in [0.5, 0.6) is 11.5 Å². The monoisotopic (exact) mass is 475 g/mol. The lowest BCUT2D eigenvalue weighted by Crippen LogP contribution is -2.29. The van der Waals surface area contributed by atoms with Crippen LogP contribution in [0.1, 0.15) is 49.5 Å². The molecule has 1 unspecified atom stereocenters. The summed E-state index contributed by atoms with van der Waals surface area (Å²) in [4.78, 5) is 28.1. The van der Waals surface area contributed by atoms with Crippen molar-refractivity contribution in [2.45, 2.75) is 39.2 Å². The van der Waals surface area contributed by atoms with E-state index >= 15 is 0 Å². The normalized spacial score (nSPS) is 17.7. The van der Waals surface area contributed by atoms with E-state index in [1.165, 1.54) is 19.1 Å². The number of anilines is 1. The van der Waals surface area contributed by atoms with E-state index in [4.69, 9.17) is 13.9 Å². The molecule has 1 aromatic heterocycles. The molecule has 7 heteroatoms. The molecular formula is C28H29NO6. The maximum absolute atomic E-state index is 13.4. The molecule has 0 saturated carbocycles. The van der Waals surface area contributed by atoms with Gasteiger partial charge in [0.2, 0.25) is 0 Å². The van der Waals surface area contributed by atoms with Gasteiger partial charge in [-0.05, 0) is 54.3 Å². The number of methoxy groups -OCH3 is 2. The first-order valence-electron chi connectivity index (χ1n) is 11.3. The maximum Gasteiger partial charge on any atom is 0.300 e. The molecule has 1 saturated heterocycles. The second-order valence-electron chi connectivity index (χ2n) is 9.45. The zero-order valence-corrected chi connectivity index (χ0v) is 20.7. The van der Waals surface area contributed by atoms with E-state index in [1.54, 1.807) is 55.5 Å². The van der Waals surface area contributed by atoms with E-state index in [1.807, 2.05) is 26.8 Å². The molecule has 1 N–H and O–H groups in total. The SMILES string of the molecule is COc1ccc(C(C)(C)C)cc1/C(O)=C1\C(=O)C(=O)N(c2ccccc2OC)C1c1ccc(C)o1. The lowest BCUT2D eigenvalue weighted by molar-refractivity contribution is -0.132. The number of ketones is 1. The Morgan fingerprint density at radius 2 is 1.66 bits per heavy atom. The quantitative estimate of drug-likeness (QED) is 0.297. The number of rotatable bonds is 5. The number of para-hydroxylation sites is 2. The van der Waals surface area contributed by atoms with E-state index in [-0.39, 0.29) is 16.7 Å². The Bertz CT molecular complexity index is 1330. The van der Waals surface area contributed by atoms with Gasteiger partial charge in [-0.3, -0.25) is 14.5 Å². The van der Waals surface area contributed by atoms with Gasteiger partial charge in [0.15, 0.2) is 0 Å². The average molecular weight is 476 g/mol. The van der Waals surface area contributed by atoms with Crippen LogP contribution >= 0.6 is 0 Å². The largest absolute Gasteiger partial charge is 0.507 e. The summed E-state index contributed by atoms with van der Waals surface area (Å²) in [5.74, 6) is -0.194. The van der Waals surface area contributed by atoms with Gasteiger partial charge < -0.3 is 19.0 Å². The van der Waals surface area contributed by atoms with Crippen LogP contribution < -0.4 is 14.4 Å². The van der Waals surface area contributed by atoms with Gasteiger partial charge in [-0.15, -0.1) is 0 Å². The highest BCUT2D eigenvalue weighted by Crippen LogP contribution is 2.46. The first kappa shape index (κ1) is 24.1. The first-order chi connectivity index (χ1) is 16.6. The van der Waals surface area contributed by atoms with E-state index < -0.39 is 17.7 Å². The van der Waals surface area contributed by atoms with Crippen molar-refractivity contribution in [1.82, 2.24) is 0 Å². The lowest BCUT2D eigenvalue weighted by Gasteiger charge is -2.25. The summed E-state index contributed by atoms with van der Waals surface area (Å²) in [5.41, 5.74) is 1.35. The highest BCUT2D eigenvalue weighted by Gasteiger charge is 2.49. The van der Waals surface area contributed by atoms with Crippen molar-refractivity contribution in [2.24, 2.45) is 0 Å². The first-order valence-corrected chi connectivity index (χ1v) is 11.3. The molecule has 0 radical (unpaired) electrons. The molecule has 4 rings (SSSR count). The molecule has 1 amide bonds. The van der Waals surface area contributed by atoms with Crippen molar-refractivity contribution in [3.8, 4) is 11.5 Å². The van der Waals surface area contributed by atoms with Gasteiger partial charge in [0.1, 0.15) is 34.8 Å². The number of hydrogen-bond acceptors (Lipinski definition) is 6. The molecule has 1 fully saturated rings. The summed E-state index contributed by atoms with van der Waals surface area (Å²) in [6.07, 6.45) is 0. The Morgan fingerprint density at radius 3 is 2.26 bits per heavy atom. The number of benzene rings is 2. The van der Waals surface area contributed by atoms with Crippen LogP contribution in [-0.2, 0) is 15.0 Å². The van der Waals surface area contributed by atoms with Gasteiger partial charge in [0.25, 0.3) is 11.7 Å². The van der Waals surface area contributed by atoms with Gasteiger partial charge >= 0.3 is 0 Å². The number of Topliss-reactive ketones (excluding diaryl/α,β-unsaturated/α-hetero) is 1. The van der Waals surface area contributed by atoms with Gasteiger partial charge in [-0.2, -0.15) is 0 Å². The number of hydrogen-bond donors (Lipinski definition) is 1. The summed E-state index contributed by atoms with van der Waals surface area (Å²) in [6.45, 7) is 7.91. The Labute approximate surface area is 204 Å². The van der Waals surface area contributed by atoms with Gasteiger partial charge in [0.05, 0.1) is 31.0 Å². The summed E-state index contributed by atoms with van der Waals surface area (Å²) in [6, 6.07) is 14.8. The van der Waals surface area contributed by atoms with E-state index in [0.29, 0.717) is 34.3 Å². The summed E-state index contributed by atoms with van der Waals surface area (Å²) >= 11 is 0. The Kier molecular flexibility index (Phi) is 6.19. The highest BCUT2D eigenvalue weighted by molar-refractivity contribution is 6.51. The predicted molar refractivity (Wildman–Crippen MR) is 133 cm³/mol. The smallest absolute Gasteiger partial charge is 0.300 e. The number of aryl methyl sites for hydroxylation is 1. The molecule has 1 aliphatic heterocycles. The zero-order chi connectivity index (χ0) is 25.5. The number of ether oxygens (including phenoxy) is 2. The molecule has 1 aliphatic rings. The fourth-order valence-corrected chi connectivity index (χ4v) is 4.28. The van der Waals surface area contributed by atoms with Crippen LogP contribution in [0, 0.1) is 6.92 Å². The minimum absolute atomic E-state index is 0.0837. The van der Waals surface area contributed by atoms with Crippen molar-refractivity contribution >= 4 is 23.1 Å². The third-order valence-electron chi connectivity index (χ3n) is 6.14. The molecule has 2 aromatic carbocycles. The van der Waals surface area contributed by atoms with Crippen LogP contribution in [0.2, 0.25) is 0 Å². The Hall–Kier alpha value is -4.00. The van der Waals surface area contributed by atoms with Crippen LogP contribution in [0.4, 0.5) is 5.69 Å². The second-order valence-corrected chi connectivity index (χ2v) is 9.45. The second kappa shape index (κ2) is 8.98. The molecule has 182 valence electrons. The van der Waals surface area contributed by atoms with Crippen LogP contribution in [0.25, 0.3) is 5.76 Å². The van der Waals surface area contributed by atoms with E-state index in [9.17, 15) is 14.7 Å². The molecule has 7 nitrogen and oxygen atoms in total. The van der Waals surface area contributed by atoms with Crippen molar-refractivity contribution in [3.63, 3.8) is 0 Å². The summed E-state index contributed by atoms with van der Waals surface area (Å²) in [5, 5.41) is 11.6. The summed E-state index contributed by atoms with van der Waals surface area (Å²) < 4.78 is 16.8. The number of aliphatic hydroxyl groups excluding tert-OH is 1. The molecule has 35 heavy (non-hydrogen) atoms. The van der Waals surface area contributed by atoms with Crippen molar-refractivity contribution < 1.29 is 28.6 Å². The molecule has 1 atom stereocenters. The molecule has 3 aromatic rings. The maximum atomic E-state index is 13.4. The van der Waals surface area contributed by atoms with Crippen LogP contribution in [0.15, 0.2) is 64.6 Å². The third-order valence-corrected chi connectivity index (χ3v) is 6.14. The van der Waals surface area contributed by atoms with E-state index in [2.05, 4.69) is 0 Å². The lowest BCUT2D eigenvalue weighted by atomic mass is 9.85. The van der Waals surface area contributed by atoms with E-state index in [0.717, 1.165) is 5.56 Å². The summed E-state index contributed by atoms with van der Waals surface area (Å²) in [7, 11) is 2.98. The number of nitrogens with zero attached hydrogens (tertiary/aromatic N) is 1. The zero-order valence-electron chi connectivity index (χ0n) is 20.7. The third kappa shape index (κ3) is 4.18. The molecule has 0 aliphatic carbocycles. The molecule has 2 heterocycles. The van der Waals surface area contributed by atoms with Crippen molar-refractivity contribution in [2.75, 3.05) is 19.1 Å². The number of carbonyl (C=O) groups is 2. The van der Waals surface area contributed by atoms with Gasteiger partial charge in [-0.1, -0.05) is 39.0 Å². The van der Waals surface area contributed by atoms with Crippen LogP contribution in [0.3, 0.4) is 0 Å². The predicted octanol–water partition coefficient (Wildman–Crippen LogP) is 5.53. The molecule has 0 spiro atoms. The fourth-order valence-electron chi connectivity index (χ4n) is 4.28. The van der Waals surface area contributed by atoms with Crippen molar-refractivity contribution in [3.05, 3.63) is 82.8 Å². The number of amides is 1. The van der Waals surface area contributed by atoms with Crippen LogP contribution in [-0.4, -0.2) is 31.0 Å². The minimum Gasteiger partial charge on any atom is -0.507 e. The number of aliphatic hydroxyl groups is 1.